The summed E-state index contributed by atoms with van der Waals surface area (Å²) < 4.78 is 1.71. The zero-order chi connectivity index (χ0) is 109. The monoisotopic (exact) mass is 2040 g/mol. The number of carbonyl (C=O) groups excluding carboxylic acids is 15. The molecule has 4 rings (SSSR count). The minimum Gasteiger partial charge on any atom is -0.619 e. The molecule has 0 unspecified atom stereocenters. The van der Waals surface area contributed by atoms with E-state index in [0.717, 1.165) is 6.20 Å². The molecule has 0 bridgehead atoms. The third-order valence-electron chi connectivity index (χ3n) is 24.8. The molecule has 0 radical (unpaired) electrons. The van der Waals surface area contributed by atoms with E-state index in [2.05, 4.69) is 95.7 Å². The molecule has 18 atom stereocenters. The standard InChI is InChI=1S/C37H59N7O6.C34H59N7O6.C33H56ClN7O6/c1-10-15-29(35(47)40-26(20-22(4)5)21-39-25(9)33(45)42-31(23(6)7)36(48)38-12-3)41-37(49)32(24(8)11-2)43-34(46)28-18-19-44(50)30-17-14-13-16-27(28)30;1-11-14-27(38-34(46)29(22(8)12-2)40-31(43)26-15-16-41(47)19-23(26)9)32(44)37-25(17-20(4)5)18-36-24(10)30(42)39-28(21(6)7)33(45)35-13-3;1-10-13-25(38-33(46)28(21(8)11-2)40-30(43)23-14-15-41(47)26(34)17-23)31(44)37-24(16-19(4)5)18-36-22(9)29(42)39-27(20(6)7)32(45)35-12-3/h13-14,16-19,22-26,29,31-32,39H,10-12,15,20-21H2,1-9H3,(H,38,48)(H,40,47)(H,41,49)(H,42,45)(H,43,46);15-16,19-22,24-25,27-29,36H,11-14,17-18H2,1-10H3,(H,35,45)(H,37,44)(H,38,46)(H,39,42)(H,40,43);14-15,17,19-22,24-25,27-28,36H,10-13,16,18H2,1-9H3,(H,35,45)(H,37,44)(H,38,46)(H,39,42)(H,40,43)/t24-,25-,26-,29-,31-,32-;22-,24-,25-,27-,28-,29-;21-,22-,24-,25-,27-,28-/m000/s1. The van der Waals surface area contributed by atoms with Gasteiger partial charge in [0.25, 0.3) is 22.9 Å². The Morgan fingerprint density at radius 2 is 0.646 bits per heavy atom. The molecule has 1 aromatic carbocycles. The summed E-state index contributed by atoms with van der Waals surface area (Å²) in [7, 11) is 0. The number of para-hydroxylation sites is 1. The maximum absolute atomic E-state index is 13.8. The summed E-state index contributed by atoms with van der Waals surface area (Å²) in [5.41, 5.74) is 1.50. The fourth-order valence-electron chi connectivity index (χ4n) is 15.8. The van der Waals surface area contributed by atoms with Crippen molar-refractivity contribution in [2.45, 2.75) is 362 Å². The topological polar surface area (TPSA) is 553 Å². The molecule has 0 saturated carbocycles. The molecule has 40 heteroatoms. The zero-order valence-corrected chi connectivity index (χ0v) is 91.3. The Morgan fingerprint density at radius 3 is 0.944 bits per heavy atom. The Kier molecular flexibility index (Phi) is 59.4. The first kappa shape index (κ1) is 129. The number of amides is 15. The molecule has 0 aliphatic carbocycles. The molecule has 0 fully saturated rings. The van der Waals surface area contributed by atoms with E-state index >= 15 is 0 Å². The highest BCUT2D eigenvalue weighted by Crippen LogP contribution is 2.21. The number of nitrogens with one attached hydrogen (secondary N) is 18. The Balaban J connectivity index is 0.000000731. The van der Waals surface area contributed by atoms with Gasteiger partial charge < -0.3 is 111 Å². The van der Waals surface area contributed by atoms with Gasteiger partial charge in [-0.25, -0.2) is 0 Å². The second kappa shape index (κ2) is 66.5. The zero-order valence-electron chi connectivity index (χ0n) is 90.6. The van der Waals surface area contributed by atoms with Crippen LogP contribution in [0.15, 0.2) is 73.3 Å². The molecule has 0 aliphatic rings. The molecular formula is C104H174ClN21O18. The van der Waals surface area contributed by atoms with Crippen LogP contribution in [0.3, 0.4) is 0 Å². The van der Waals surface area contributed by atoms with Crippen LogP contribution in [0.5, 0.6) is 0 Å². The fourth-order valence-corrected chi connectivity index (χ4v) is 16.0. The van der Waals surface area contributed by atoms with Crippen LogP contribution in [0.25, 0.3) is 10.9 Å². The molecule has 810 valence electrons. The van der Waals surface area contributed by atoms with Gasteiger partial charge in [0, 0.05) is 93.3 Å². The van der Waals surface area contributed by atoms with E-state index in [-0.39, 0.29) is 153 Å². The summed E-state index contributed by atoms with van der Waals surface area (Å²) in [4.78, 5) is 197. The van der Waals surface area contributed by atoms with Crippen molar-refractivity contribution in [3.63, 3.8) is 0 Å². The smallest absolute Gasteiger partial charge is 0.287 e. The molecule has 39 nitrogen and oxygen atoms in total. The SMILES string of the molecule is CCC[C@H](NC(=O)[C@@H](NC(=O)c1cc[n+]([O-])c(Cl)c1)[C@@H](C)CC)C(=O)N[C@H](CN[C@@H](C)C(=O)N[C@H](C(=O)NCC)C(C)C)CC(C)C.CCC[C@H](NC(=O)[C@@H](NC(=O)c1cc[n+]([O-])c2ccccc12)[C@@H](C)CC)C(=O)N[C@H](CN[C@@H](C)C(=O)N[C@H](C(=O)NCC)C(C)C)CC(C)C.CCC[C@H](NC(=O)[C@@H](NC(=O)c1cc[n+]([O-])cc1C)[C@@H](C)CC)C(=O)N[C@H](CN[C@@H](C)C(=O)N[C@H](C(=O)NCC)C(C)C)CC(C)C. The molecule has 18 N–H and O–H groups in total. The number of carbonyl (C=O) groups is 15. The average Bonchev–Trinajstić information content (AvgIpc) is 0.793. The van der Waals surface area contributed by atoms with Gasteiger partial charge in [-0.05, 0) is 158 Å². The van der Waals surface area contributed by atoms with Gasteiger partial charge in [-0.1, -0.05) is 196 Å². The number of fused-ring (bicyclic) bond motifs is 1. The van der Waals surface area contributed by atoms with Crippen molar-refractivity contribution in [2.24, 2.45) is 53.3 Å². The van der Waals surface area contributed by atoms with Crippen LogP contribution < -0.4 is 110 Å². The maximum atomic E-state index is 13.8. The number of aryl methyl sites for hydroxylation is 1. The summed E-state index contributed by atoms with van der Waals surface area (Å²) in [5, 5.41) is 88.2. The molecule has 0 saturated heterocycles. The van der Waals surface area contributed by atoms with Gasteiger partial charge in [-0.3, -0.25) is 71.9 Å². The van der Waals surface area contributed by atoms with Crippen molar-refractivity contribution in [3.8, 4) is 0 Å². The van der Waals surface area contributed by atoms with E-state index in [1.807, 2.05) is 166 Å². The predicted octanol–water partition coefficient (Wildman–Crippen LogP) is 6.72. The van der Waals surface area contributed by atoms with Gasteiger partial charge >= 0.3 is 0 Å². The first-order chi connectivity index (χ1) is 67.7. The van der Waals surface area contributed by atoms with Gasteiger partial charge in [0.05, 0.1) is 40.2 Å². The van der Waals surface area contributed by atoms with Crippen molar-refractivity contribution < 1.29 is 86.1 Å². The van der Waals surface area contributed by atoms with Gasteiger partial charge in [0.15, 0.2) is 24.8 Å². The van der Waals surface area contributed by atoms with Crippen LogP contribution in [0.4, 0.5) is 0 Å². The third-order valence-corrected chi connectivity index (χ3v) is 25.1. The Morgan fingerprint density at radius 1 is 0.333 bits per heavy atom. The average molecular weight is 2040 g/mol. The molecule has 0 spiro atoms. The van der Waals surface area contributed by atoms with Gasteiger partial charge in [-0.2, -0.15) is 14.2 Å². The van der Waals surface area contributed by atoms with Crippen molar-refractivity contribution >= 4 is 111 Å². The summed E-state index contributed by atoms with van der Waals surface area (Å²) in [6.07, 6.45) is 11.5. The van der Waals surface area contributed by atoms with E-state index < -0.39 is 108 Å². The van der Waals surface area contributed by atoms with Crippen LogP contribution in [0.2, 0.25) is 5.15 Å². The first-order valence-electron chi connectivity index (χ1n) is 51.6. The van der Waals surface area contributed by atoms with Crippen molar-refractivity contribution in [3.05, 3.63) is 116 Å². The second-order valence-electron chi connectivity index (χ2n) is 39.9. The number of hydrogen-bond donors (Lipinski definition) is 18. The lowest BCUT2D eigenvalue weighted by molar-refractivity contribution is -0.605. The first-order valence-corrected chi connectivity index (χ1v) is 52.0. The van der Waals surface area contributed by atoms with Crippen molar-refractivity contribution in [1.82, 2.24) is 95.7 Å². The Hall–Kier alpha value is -11.4. The van der Waals surface area contributed by atoms with E-state index in [9.17, 15) is 87.5 Å². The number of aromatic nitrogens is 3. The predicted molar refractivity (Wildman–Crippen MR) is 559 cm³/mol. The highest BCUT2D eigenvalue weighted by atomic mass is 35.5. The molecule has 3 aromatic heterocycles. The van der Waals surface area contributed by atoms with Gasteiger partial charge in [0.2, 0.25) is 76.4 Å². The van der Waals surface area contributed by atoms with E-state index in [1.165, 1.54) is 42.9 Å². The molecule has 144 heavy (non-hydrogen) atoms. The summed E-state index contributed by atoms with van der Waals surface area (Å²) in [5.74, 6) is -6.14. The van der Waals surface area contributed by atoms with Crippen LogP contribution >= 0.6 is 11.6 Å². The number of benzene rings is 1. The normalized spacial score (nSPS) is 15.1. The number of likely N-dealkylation sites (N-methyl/N-ethyl adjacent to an activating group) is 3. The van der Waals surface area contributed by atoms with Crippen LogP contribution in [-0.2, 0) is 57.5 Å². The number of nitrogens with zero attached hydrogens (tertiary/aromatic N) is 3. The Labute approximate surface area is 858 Å². The van der Waals surface area contributed by atoms with E-state index in [0.29, 0.717) is 140 Å². The van der Waals surface area contributed by atoms with E-state index in [1.54, 1.807) is 52.0 Å². The number of pyridine rings is 3. The highest BCUT2D eigenvalue weighted by Gasteiger charge is 2.38. The lowest BCUT2D eigenvalue weighted by Gasteiger charge is -2.29. The third kappa shape index (κ3) is 44.6. The molecule has 4 aromatic rings. The number of hydrogen-bond acceptors (Lipinski definition) is 21. The van der Waals surface area contributed by atoms with E-state index in [4.69, 9.17) is 11.6 Å². The lowest BCUT2D eigenvalue weighted by Crippen LogP contribution is -2.58. The van der Waals surface area contributed by atoms with Gasteiger partial charge in [0.1, 0.15) is 54.4 Å². The second-order valence-corrected chi connectivity index (χ2v) is 40.3. The lowest BCUT2D eigenvalue weighted by atomic mass is 9.96. The van der Waals surface area contributed by atoms with Crippen molar-refractivity contribution in [2.75, 3.05) is 39.3 Å². The minimum absolute atomic E-state index is 0.0989. The summed E-state index contributed by atoms with van der Waals surface area (Å²) in [6, 6.07) is 1.86. The maximum Gasteiger partial charge on any atom is 0.287 e. The minimum atomic E-state index is -0.945. The number of halogens is 1. The molecular weight excluding hydrogens is 1870 g/mol. The van der Waals surface area contributed by atoms with Crippen LogP contribution in [0.1, 0.15) is 301 Å². The highest BCUT2D eigenvalue weighted by molar-refractivity contribution is 6.28. The largest absolute Gasteiger partial charge is 0.619 e. The molecule has 3 heterocycles. The number of rotatable bonds is 60. The Bertz CT molecular complexity index is 4750. The van der Waals surface area contributed by atoms with Gasteiger partial charge in [-0.15, -0.1) is 0 Å². The van der Waals surface area contributed by atoms with Crippen LogP contribution in [0, 0.1) is 75.8 Å². The van der Waals surface area contributed by atoms with Crippen molar-refractivity contribution in [1.29, 1.82) is 0 Å². The van der Waals surface area contributed by atoms with Crippen LogP contribution in [-0.4, -0.2) is 219 Å². The quantitative estimate of drug-likeness (QED) is 0.0124. The summed E-state index contributed by atoms with van der Waals surface area (Å²) in [6.45, 7) is 54.8. The fraction of sp³-hybridized carbons (Fsp3) is 0.673. The molecule has 0 aliphatic heterocycles. The summed E-state index contributed by atoms with van der Waals surface area (Å²) >= 11 is 5.87. The molecule has 15 amide bonds.